The van der Waals surface area contributed by atoms with Crippen LogP contribution >= 0.6 is 0 Å². The highest BCUT2D eigenvalue weighted by atomic mass is 16.3. The Labute approximate surface area is 96.7 Å². The molecule has 1 atom stereocenters. The highest BCUT2D eigenvalue weighted by Gasteiger charge is 2.36. The molecule has 0 amide bonds. The molecule has 0 saturated heterocycles. The summed E-state index contributed by atoms with van der Waals surface area (Å²) in [5, 5.41) is 12.9. The van der Waals surface area contributed by atoms with Gasteiger partial charge in [-0.15, -0.1) is 0 Å². The maximum Gasteiger partial charge on any atom is 0.0946 e. The first-order chi connectivity index (χ1) is 7.74. The SMILES string of the molecule is C[C@@H](Cn1ccnc1)NCC1(CO)CCC1. The monoisotopic (exact) mass is 223 g/mol. The third-order valence-electron chi connectivity index (χ3n) is 3.62. The zero-order valence-corrected chi connectivity index (χ0v) is 9.89. The number of hydrogen-bond donors (Lipinski definition) is 2. The molecule has 0 radical (unpaired) electrons. The van der Waals surface area contributed by atoms with Gasteiger partial charge >= 0.3 is 0 Å². The smallest absolute Gasteiger partial charge is 0.0946 e. The summed E-state index contributed by atoms with van der Waals surface area (Å²) >= 11 is 0. The molecular formula is C12H21N3O. The summed E-state index contributed by atoms with van der Waals surface area (Å²) in [6, 6.07) is 0.415. The number of nitrogens with one attached hydrogen (secondary N) is 1. The summed E-state index contributed by atoms with van der Waals surface area (Å²) in [5.74, 6) is 0. The number of rotatable bonds is 6. The van der Waals surface area contributed by atoms with Crippen molar-refractivity contribution in [3.05, 3.63) is 18.7 Å². The molecule has 1 aromatic rings. The molecular weight excluding hydrogens is 202 g/mol. The van der Waals surface area contributed by atoms with Crippen LogP contribution in [0.25, 0.3) is 0 Å². The zero-order valence-electron chi connectivity index (χ0n) is 9.89. The van der Waals surface area contributed by atoms with Crippen LogP contribution < -0.4 is 5.32 Å². The van der Waals surface area contributed by atoms with E-state index < -0.39 is 0 Å². The lowest BCUT2D eigenvalue weighted by Crippen LogP contribution is -2.46. The normalized spacial score (nSPS) is 20.4. The van der Waals surface area contributed by atoms with Crippen LogP contribution in [0.2, 0.25) is 0 Å². The molecule has 4 nitrogen and oxygen atoms in total. The van der Waals surface area contributed by atoms with Crippen LogP contribution in [0.3, 0.4) is 0 Å². The van der Waals surface area contributed by atoms with Crippen LogP contribution in [-0.2, 0) is 6.54 Å². The number of aromatic nitrogens is 2. The van der Waals surface area contributed by atoms with Gasteiger partial charge in [0.1, 0.15) is 0 Å². The van der Waals surface area contributed by atoms with Crippen LogP contribution in [0.1, 0.15) is 26.2 Å². The summed E-state index contributed by atoms with van der Waals surface area (Å²) in [5.41, 5.74) is 0.170. The second kappa shape index (κ2) is 4.97. The summed E-state index contributed by atoms with van der Waals surface area (Å²) in [6.45, 7) is 4.35. The topological polar surface area (TPSA) is 50.1 Å². The van der Waals surface area contributed by atoms with Crippen molar-refractivity contribution in [3.63, 3.8) is 0 Å². The first-order valence-electron chi connectivity index (χ1n) is 6.04. The Hall–Kier alpha value is -0.870. The van der Waals surface area contributed by atoms with Gasteiger partial charge in [-0.25, -0.2) is 4.98 Å². The number of hydrogen-bond acceptors (Lipinski definition) is 3. The summed E-state index contributed by atoms with van der Waals surface area (Å²) < 4.78 is 2.07. The van der Waals surface area contributed by atoms with Gasteiger partial charge in [-0.3, -0.25) is 0 Å². The van der Waals surface area contributed by atoms with Gasteiger partial charge in [0.15, 0.2) is 0 Å². The molecule has 0 aliphatic heterocycles. The Bertz CT molecular complexity index is 301. The highest BCUT2D eigenvalue weighted by molar-refractivity contribution is 4.89. The van der Waals surface area contributed by atoms with E-state index in [0.717, 1.165) is 25.9 Å². The molecule has 1 saturated carbocycles. The fraction of sp³-hybridized carbons (Fsp3) is 0.750. The minimum absolute atomic E-state index is 0.170. The van der Waals surface area contributed by atoms with Gasteiger partial charge in [0.05, 0.1) is 6.33 Å². The van der Waals surface area contributed by atoms with E-state index in [1.165, 1.54) is 6.42 Å². The van der Waals surface area contributed by atoms with Gasteiger partial charge < -0.3 is 15.0 Å². The molecule has 90 valence electrons. The maximum absolute atomic E-state index is 9.35. The van der Waals surface area contributed by atoms with Gasteiger partial charge in [0.25, 0.3) is 0 Å². The van der Waals surface area contributed by atoms with E-state index in [2.05, 4.69) is 21.8 Å². The number of imidazole rings is 1. The Balaban J connectivity index is 1.73. The van der Waals surface area contributed by atoms with E-state index in [4.69, 9.17) is 0 Å². The van der Waals surface area contributed by atoms with Crippen molar-refractivity contribution in [1.82, 2.24) is 14.9 Å². The molecule has 0 unspecified atom stereocenters. The van der Waals surface area contributed by atoms with E-state index in [0.29, 0.717) is 12.6 Å². The van der Waals surface area contributed by atoms with Crippen molar-refractivity contribution in [2.24, 2.45) is 5.41 Å². The molecule has 0 aromatic carbocycles. The largest absolute Gasteiger partial charge is 0.396 e. The summed E-state index contributed by atoms with van der Waals surface area (Å²) in [7, 11) is 0. The van der Waals surface area contributed by atoms with E-state index in [-0.39, 0.29) is 5.41 Å². The number of nitrogens with zero attached hydrogens (tertiary/aromatic N) is 2. The molecule has 2 rings (SSSR count). The van der Waals surface area contributed by atoms with Crippen molar-refractivity contribution < 1.29 is 5.11 Å². The average Bonchev–Trinajstić information content (AvgIpc) is 2.69. The lowest BCUT2D eigenvalue weighted by atomic mass is 9.69. The van der Waals surface area contributed by atoms with Gasteiger partial charge in [-0.05, 0) is 19.8 Å². The van der Waals surface area contributed by atoms with Gasteiger partial charge in [0.2, 0.25) is 0 Å². The van der Waals surface area contributed by atoms with Crippen LogP contribution in [-0.4, -0.2) is 33.9 Å². The van der Waals surface area contributed by atoms with E-state index in [9.17, 15) is 5.11 Å². The lowest BCUT2D eigenvalue weighted by molar-refractivity contribution is 0.0421. The predicted octanol–water partition coefficient (Wildman–Crippen LogP) is 1.02. The fourth-order valence-corrected chi connectivity index (χ4v) is 2.23. The van der Waals surface area contributed by atoms with Crippen molar-refractivity contribution in [1.29, 1.82) is 0 Å². The van der Waals surface area contributed by atoms with Crippen molar-refractivity contribution in [3.8, 4) is 0 Å². The molecule has 4 heteroatoms. The molecule has 1 fully saturated rings. The summed E-state index contributed by atoms with van der Waals surface area (Å²) in [4.78, 5) is 4.02. The van der Waals surface area contributed by atoms with Crippen molar-refractivity contribution in [2.45, 2.75) is 38.8 Å². The van der Waals surface area contributed by atoms with Crippen molar-refractivity contribution >= 4 is 0 Å². The Kier molecular flexibility index (Phi) is 3.61. The van der Waals surface area contributed by atoms with Crippen LogP contribution in [0.15, 0.2) is 18.7 Å². The molecule has 1 aliphatic carbocycles. The third-order valence-corrected chi connectivity index (χ3v) is 3.62. The number of aliphatic hydroxyl groups excluding tert-OH is 1. The average molecular weight is 223 g/mol. The van der Waals surface area contributed by atoms with Gasteiger partial charge in [-0.2, -0.15) is 0 Å². The minimum atomic E-state index is 0.170. The first-order valence-corrected chi connectivity index (χ1v) is 6.04. The Morgan fingerprint density at radius 3 is 2.88 bits per heavy atom. The molecule has 1 heterocycles. The lowest BCUT2D eigenvalue weighted by Gasteiger charge is -2.41. The standard InChI is InChI=1S/C12H21N3O/c1-11(7-15-6-5-13-10-15)14-8-12(9-16)3-2-4-12/h5-6,10-11,14,16H,2-4,7-9H2,1H3/t11-/m0/s1. The third kappa shape index (κ3) is 2.62. The van der Waals surface area contributed by atoms with Gasteiger partial charge in [0, 0.05) is 43.5 Å². The molecule has 2 N–H and O–H groups in total. The van der Waals surface area contributed by atoms with E-state index >= 15 is 0 Å². The van der Waals surface area contributed by atoms with Crippen LogP contribution in [0.4, 0.5) is 0 Å². The van der Waals surface area contributed by atoms with E-state index in [1.54, 1.807) is 6.20 Å². The first kappa shape index (κ1) is 11.6. The Morgan fingerprint density at radius 2 is 2.38 bits per heavy atom. The van der Waals surface area contributed by atoms with Crippen LogP contribution in [0.5, 0.6) is 0 Å². The molecule has 16 heavy (non-hydrogen) atoms. The predicted molar refractivity (Wildman–Crippen MR) is 63.1 cm³/mol. The molecule has 1 aromatic heterocycles. The number of aliphatic hydroxyl groups is 1. The van der Waals surface area contributed by atoms with Crippen LogP contribution in [0, 0.1) is 5.41 Å². The second-order valence-electron chi connectivity index (χ2n) is 5.05. The van der Waals surface area contributed by atoms with E-state index in [1.807, 2.05) is 12.5 Å². The quantitative estimate of drug-likeness (QED) is 0.757. The van der Waals surface area contributed by atoms with Gasteiger partial charge in [-0.1, -0.05) is 6.42 Å². The van der Waals surface area contributed by atoms with Crippen molar-refractivity contribution in [2.75, 3.05) is 13.2 Å². The molecule has 0 bridgehead atoms. The highest BCUT2D eigenvalue weighted by Crippen LogP contribution is 2.39. The Morgan fingerprint density at radius 1 is 1.56 bits per heavy atom. The minimum Gasteiger partial charge on any atom is -0.396 e. The zero-order chi connectivity index (χ0) is 11.4. The second-order valence-corrected chi connectivity index (χ2v) is 5.05. The summed E-state index contributed by atoms with van der Waals surface area (Å²) in [6.07, 6.45) is 9.20. The fourth-order valence-electron chi connectivity index (χ4n) is 2.23. The maximum atomic E-state index is 9.35. The molecule has 1 aliphatic rings. The molecule has 0 spiro atoms.